The van der Waals surface area contributed by atoms with Gasteiger partial charge in [0, 0.05) is 17.4 Å². The first-order valence-corrected chi connectivity index (χ1v) is 10.8. The molecule has 6 nitrogen and oxygen atoms in total. The summed E-state index contributed by atoms with van der Waals surface area (Å²) in [5.41, 5.74) is 5.41. The molecule has 2 aromatic carbocycles. The van der Waals surface area contributed by atoms with Crippen LogP contribution in [0.15, 0.2) is 55.1 Å². The number of carbonyl (C=O) groups is 1. The summed E-state index contributed by atoms with van der Waals surface area (Å²) in [6.45, 7) is 1.87. The zero-order valence-corrected chi connectivity index (χ0v) is 17.7. The van der Waals surface area contributed by atoms with E-state index in [1.165, 1.54) is 6.20 Å². The molecule has 2 aliphatic rings. The van der Waals surface area contributed by atoms with Crippen LogP contribution in [0.25, 0.3) is 22.2 Å². The molecule has 2 fully saturated rings. The van der Waals surface area contributed by atoms with Gasteiger partial charge in [-0.3, -0.25) is 4.79 Å². The summed E-state index contributed by atoms with van der Waals surface area (Å²) in [5.74, 6) is 0.432. The van der Waals surface area contributed by atoms with Crippen molar-refractivity contribution in [3.05, 3.63) is 66.2 Å². The molecule has 168 valence electrons. The van der Waals surface area contributed by atoms with E-state index >= 15 is 0 Å². The fourth-order valence-corrected chi connectivity index (χ4v) is 4.94. The number of fused-ring (bicyclic) bond motifs is 1. The number of halogens is 3. The van der Waals surface area contributed by atoms with Crippen LogP contribution in [0.1, 0.15) is 30.0 Å². The number of nitrogens with one attached hydrogen (secondary N) is 1. The molecule has 0 radical (unpaired) electrons. The van der Waals surface area contributed by atoms with Gasteiger partial charge in [-0.2, -0.15) is 9.78 Å². The first-order chi connectivity index (χ1) is 15.8. The van der Waals surface area contributed by atoms with Gasteiger partial charge in [0.2, 0.25) is 5.91 Å². The molecular formula is C24H20F3N5O. The van der Waals surface area contributed by atoms with Gasteiger partial charge in [-0.25, -0.2) is 4.98 Å². The van der Waals surface area contributed by atoms with Crippen LogP contribution in [0.3, 0.4) is 0 Å². The normalized spacial score (nSPS) is 21.0. The van der Waals surface area contributed by atoms with Crippen molar-refractivity contribution in [3.63, 3.8) is 0 Å². The zero-order chi connectivity index (χ0) is 22.9. The van der Waals surface area contributed by atoms with E-state index < -0.39 is 6.30 Å². The third kappa shape index (κ3) is 3.21. The molecule has 1 saturated carbocycles. The van der Waals surface area contributed by atoms with E-state index in [1.807, 2.05) is 48.2 Å². The minimum Gasteiger partial charge on any atom is -0.345 e. The first kappa shape index (κ1) is 20.0. The second kappa shape index (κ2) is 6.94. The van der Waals surface area contributed by atoms with Crippen LogP contribution in [0.4, 0.5) is 18.9 Å². The fourth-order valence-electron chi connectivity index (χ4n) is 4.94. The molecule has 0 bridgehead atoms. The van der Waals surface area contributed by atoms with Gasteiger partial charge in [0.05, 0.1) is 35.5 Å². The maximum Gasteiger partial charge on any atom is 0.504 e. The number of aryl methyl sites for hydroxylation is 1. The van der Waals surface area contributed by atoms with Crippen molar-refractivity contribution in [2.45, 2.75) is 32.1 Å². The molecule has 4 aromatic rings. The summed E-state index contributed by atoms with van der Waals surface area (Å²) in [4.78, 5) is 22.3. The second-order valence-corrected chi connectivity index (χ2v) is 8.84. The Kier molecular flexibility index (Phi) is 4.21. The minimum absolute atomic E-state index is 0.0102. The van der Waals surface area contributed by atoms with Gasteiger partial charge in [-0.1, -0.05) is 18.2 Å². The largest absolute Gasteiger partial charge is 0.504 e. The molecule has 6 rings (SSSR count). The molecule has 33 heavy (non-hydrogen) atoms. The van der Waals surface area contributed by atoms with Gasteiger partial charge < -0.3 is 9.88 Å². The zero-order valence-electron chi connectivity index (χ0n) is 17.7. The Hall–Kier alpha value is -3.62. The number of rotatable bonds is 4. The van der Waals surface area contributed by atoms with E-state index in [4.69, 9.17) is 0 Å². The molecule has 2 atom stereocenters. The van der Waals surface area contributed by atoms with E-state index in [0.717, 1.165) is 46.9 Å². The molecule has 1 N–H and O–H groups in total. The Labute approximate surface area is 187 Å². The number of anilines is 1. The Morgan fingerprint density at radius 2 is 1.94 bits per heavy atom. The standard InChI is InChI=1S/C24H20F3N5O/c1-13-8-15(4-6-18(13)16-10-30-31(11-16)24(25,26)27)22-21(14-2-3-14)23(33)32(22)17-5-7-19-20(9-17)29-12-28-19/h4-12,14,21-22H,2-3H2,1H3,(H,28,29)/t21-,22+/m1/s1. The maximum atomic E-state index is 13.2. The monoisotopic (exact) mass is 451 g/mol. The van der Waals surface area contributed by atoms with E-state index in [0.29, 0.717) is 17.0 Å². The van der Waals surface area contributed by atoms with Crippen LogP contribution in [-0.4, -0.2) is 25.7 Å². The number of nitrogens with zero attached hydrogens (tertiary/aromatic N) is 4. The maximum absolute atomic E-state index is 13.2. The van der Waals surface area contributed by atoms with E-state index in [1.54, 1.807) is 6.33 Å². The highest BCUT2D eigenvalue weighted by Crippen LogP contribution is 2.54. The van der Waals surface area contributed by atoms with Gasteiger partial charge in [0.1, 0.15) is 0 Å². The van der Waals surface area contributed by atoms with Gasteiger partial charge in [-0.15, -0.1) is 13.2 Å². The lowest BCUT2D eigenvalue weighted by Gasteiger charge is -2.48. The number of amides is 1. The van der Waals surface area contributed by atoms with E-state index in [-0.39, 0.29) is 22.5 Å². The molecule has 2 aromatic heterocycles. The number of hydrogen-bond acceptors (Lipinski definition) is 3. The molecule has 0 spiro atoms. The number of H-pyrrole nitrogens is 1. The molecule has 9 heteroatoms. The number of β-lactam (4-membered cyclic amide) rings is 1. The highest BCUT2D eigenvalue weighted by molar-refractivity contribution is 6.04. The molecule has 1 saturated heterocycles. The number of aromatic nitrogens is 4. The molecule has 0 unspecified atom stereocenters. The van der Waals surface area contributed by atoms with Crippen molar-refractivity contribution in [1.29, 1.82) is 0 Å². The summed E-state index contributed by atoms with van der Waals surface area (Å²) < 4.78 is 38.8. The van der Waals surface area contributed by atoms with Crippen LogP contribution < -0.4 is 4.90 Å². The third-order valence-corrected chi connectivity index (χ3v) is 6.70. The van der Waals surface area contributed by atoms with Gasteiger partial charge in [0.15, 0.2) is 0 Å². The fraction of sp³-hybridized carbons (Fsp3) is 0.292. The topological polar surface area (TPSA) is 66.8 Å². The Morgan fingerprint density at radius 1 is 1.12 bits per heavy atom. The number of alkyl halides is 3. The lowest BCUT2D eigenvalue weighted by atomic mass is 9.78. The summed E-state index contributed by atoms with van der Waals surface area (Å²) in [6, 6.07) is 11.4. The Morgan fingerprint density at radius 3 is 2.64 bits per heavy atom. The predicted molar refractivity (Wildman–Crippen MR) is 116 cm³/mol. The Balaban J connectivity index is 1.36. The van der Waals surface area contributed by atoms with Gasteiger partial charge in [0.25, 0.3) is 0 Å². The predicted octanol–water partition coefficient (Wildman–Crippen LogP) is 5.33. The average molecular weight is 451 g/mol. The van der Waals surface area contributed by atoms with Crippen molar-refractivity contribution >= 4 is 22.6 Å². The number of benzene rings is 2. The number of imidazole rings is 1. The average Bonchev–Trinajstić information content (AvgIpc) is 3.25. The second-order valence-electron chi connectivity index (χ2n) is 8.84. The summed E-state index contributed by atoms with van der Waals surface area (Å²) in [7, 11) is 0. The summed E-state index contributed by atoms with van der Waals surface area (Å²) >= 11 is 0. The van der Waals surface area contributed by atoms with Crippen molar-refractivity contribution in [1.82, 2.24) is 19.7 Å². The molecule has 3 heterocycles. The number of carbonyl (C=O) groups excluding carboxylic acids is 1. The van der Waals surface area contributed by atoms with Crippen molar-refractivity contribution in [2.24, 2.45) is 11.8 Å². The number of aromatic amines is 1. The first-order valence-electron chi connectivity index (χ1n) is 10.8. The molecule has 1 aliphatic heterocycles. The molecular weight excluding hydrogens is 431 g/mol. The van der Waals surface area contributed by atoms with Crippen molar-refractivity contribution in [2.75, 3.05) is 4.90 Å². The van der Waals surface area contributed by atoms with Crippen LogP contribution in [0, 0.1) is 18.8 Å². The van der Waals surface area contributed by atoms with Crippen LogP contribution in [-0.2, 0) is 11.1 Å². The van der Waals surface area contributed by atoms with Gasteiger partial charge in [-0.05, 0) is 60.6 Å². The Bertz CT molecular complexity index is 1380. The highest BCUT2D eigenvalue weighted by Gasteiger charge is 2.55. The van der Waals surface area contributed by atoms with E-state index in [2.05, 4.69) is 15.1 Å². The lowest BCUT2D eigenvalue weighted by molar-refractivity contribution is -0.212. The third-order valence-electron chi connectivity index (χ3n) is 6.70. The molecule has 1 aliphatic carbocycles. The quantitative estimate of drug-likeness (QED) is 0.427. The van der Waals surface area contributed by atoms with E-state index in [9.17, 15) is 18.0 Å². The lowest BCUT2D eigenvalue weighted by Crippen LogP contribution is -2.56. The van der Waals surface area contributed by atoms with Crippen molar-refractivity contribution in [3.8, 4) is 11.1 Å². The smallest absolute Gasteiger partial charge is 0.345 e. The van der Waals surface area contributed by atoms with Crippen LogP contribution in [0.2, 0.25) is 0 Å². The van der Waals surface area contributed by atoms with Gasteiger partial charge >= 0.3 is 6.30 Å². The van der Waals surface area contributed by atoms with Crippen molar-refractivity contribution < 1.29 is 18.0 Å². The van der Waals surface area contributed by atoms with Crippen LogP contribution in [0.5, 0.6) is 0 Å². The molecule has 1 amide bonds. The number of hydrogen-bond donors (Lipinski definition) is 1. The summed E-state index contributed by atoms with van der Waals surface area (Å²) in [5, 5.41) is 3.45. The summed E-state index contributed by atoms with van der Waals surface area (Å²) in [6.07, 6.45) is 1.39. The highest BCUT2D eigenvalue weighted by atomic mass is 19.4. The van der Waals surface area contributed by atoms with Crippen LogP contribution >= 0.6 is 0 Å². The minimum atomic E-state index is -4.55. The SMILES string of the molecule is Cc1cc([C@H]2[C@@H](C3CC3)C(=O)N2c2ccc3[nH]cnc3c2)ccc1-c1cnn(C(F)(F)F)c1.